The highest BCUT2D eigenvalue weighted by Crippen LogP contribution is 2.42. The van der Waals surface area contributed by atoms with Gasteiger partial charge in [-0.05, 0) is 18.2 Å². The smallest absolute Gasteiger partial charge is 0.328 e. The van der Waals surface area contributed by atoms with Crippen molar-refractivity contribution in [1.82, 2.24) is 14.0 Å². The molecule has 0 bridgehead atoms. The van der Waals surface area contributed by atoms with Crippen molar-refractivity contribution >= 4 is 34.5 Å². The molecule has 156 valence electrons. The fourth-order valence-electron chi connectivity index (χ4n) is 4.05. The molecule has 1 atom stereocenters. The quantitative estimate of drug-likeness (QED) is 0.282. The SMILES string of the molecule is CN(C)C(=O)n1cc(C(=O)c2ccn3c2CSC3c2ccc[n+]([O-])c2)c2ccccc21. The highest BCUT2D eigenvalue weighted by atomic mass is 32.2. The van der Waals surface area contributed by atoms with Gasteiger partial charge in [-0.1, -0.05) is 18.2 Å². The molecule has 0 radical (unpaired) electrons. The van der Waals surface area contributed by atoms with Crippen molar-refractivity contribution in [3.05, 3.63) is 94.8 Å². The van der Waals surface area contributed by atoms with E-state index in [0.717, 1.165) is 21.4 Å². The van der Waals surface area contributed by atoms with E-state index in [2.05, 4.69) is 4.57 Å². The van der Waals surface area contributed by atoms with E-state index >= 15 is 0 Å². The van der Waals surface area contributed by atoms with Gasteiger partial charge < -0.3 is 14.7 Å². The lowest BCUT2D eigenvalue weighted by molar-refractivity contribution is -0.605. The van der Waals surface area contributed by atoms with Gasteiger partial charge in [0.15, 0.2) is 18.2 Å². The van der Waals surface area contributed by atoms with Gasteiger partial charge in [0.2, 0.25) is 0 Å². The molecule has 0 saturated carbocycles. The van der Waals surface area contributed by atoms with Crippen LogP contribution in [0.5, 0.6) is 0 Å². The molecule has 0 fully saturated rings. The zero-order valence-corrected chi connectivity index (χ0v) is 17.9. The Labute approximate surface area is 183 Å². The molecule has 1 amide bonds. The number of rotatable bonds is 3. The molecule has 1 aromatic carbocycles. The molecule has 3 aromatic heterocycles. The molecule has 0 aliphatic carbocycles. The van der Waals surface area contributed by atoms with Crippen molar-refractivity contribution in [2.45, 2.75) is 11.1 Å². The summed E-state index contributed by atoms with van der Waals surface area (Å²) in [7, 11) is 3.37. The van der Waals surface area contributed by atoms with E-state index in [0.29, 0.717) is 22.4 Å². The highest BCUT2D eigenvalue weighted by molar-refractivity contribution is 7.99. The number of benzene rings is 1. The molecule has 0 N–H and O–H groups in total. The fourth-order valence-corrected chi connectivity index (χ4v) is 5.36. The molecular formula is C23H20N4O3S. The van der Waals surface area contributed by atoms with Crippen LogP contribution in [-0.4, -0.2) is 39.9 Å². The van der Waals surface area contributed by atoms with Crippen LogP contribution in [0.2, 0.25) is 0 Å². The first kappa shape index (κ1) is 19.4. The summed E-state index contributed by atoms with van der Waals surface area (Å²) in [4.78, 5) is 27.7. The summed E-state index contributed by atoms with van der Waals surface area (Å²) < 4.78 is 4.37. The predicted octanol–water partition coefficient (Wildman–Crippen LogP) is 3.63. The van der Waals surface area contributed by atoms with Gasteiger partial charge in [0.25, 0.3) is 0 Å². The monoisotopic (exact) mass is 432 g/mol. The largest absolute Gasteiger partial charge is 0.619 e. The Morgan fingerprint density at radius 3 is 2.71 bits per heavy atom. The summed E-state index contributed by atoms with van der Waals surface area (Å²) in [5.74, 6) is 0.561. The van der Waals surface area contributed by atoms with E-state index < -0.39 is 0 Å². The zero-order valence-electron chi connectivity index (χ0n) is 17.1. The number of para-hydroxylation sites is 1. The van der Waals surface area contributed by atoms with Crippen LogP contribution in [0, 0.1) is 5.21 Å². The van der Waals surface area contributed by atoms with Gasteiger partial charge in [-0.3, -0.25) is 9.36 Å². The number of ketones is 1. The van der Waals surface area contributed by atoms with Crippen LogP contribution < -0.4 is 4.73 Å². The first-order valence-corrected chi connectivity index (χ1v) is 10.9. The number of thioether (sulfide) groups is 1. The summed E-state index contributed by atoms with van der Waals surface area (Å²) in [6.45, 7) is 0. The van der Waals surface area contributed by atoms with Gasteiger partial charge in [0.05, 0.1) is 11.1 Å². The van der Waals surface area contributed by atoms with Gasteiger partial charge in [0.1, 0.15) is 5.37 Å². The lowest BCUT2D eigenvalue weighted by atomic mass is 10.0. The Kier molecular flexibility index (Phi) is 4.59. The van der Waals surface area contributed by atoms with Crippen LogP contribution in [0.25, 0.3) is 10.9 Å². The van der Waals surface area contributed by atoms with Gasteiger partial charge in [0, 0.05) is 60.5 Å². The molecule has 0 spiro atoms. The first-order valence-electron chi connectivity index (χ1n) is 9.82. The molecule has 0 saturated heterocycles. The summed E-state index contributed by atoms with van der Waals surface area (Å²) in [5, 5.41) is 12.4. The van der Waals surface area contributed by atoms with Crippen molar-refractivity contribution in [2.24, 2.45) is 0 Å². The second-order valence-electron chi connectivity index (χ2n) is 7.68. The van der Waals surface area contributed by atoms with Gasteiger partial charge >= 0.3 is 6.03 Å². The minimum absolute atomic E-state index is 0.0467. The van der Waals surface area contributed by atoms with E-state index in [-0.39, 0.29) is 17.2 Å². The Balaban J connectivity index is 1.57. The lowest BCUT2D eigenvalue weighted by Gasteiger charge is -2.11. The van der Waals surface area contributed by atoms with Crippen LogP contribution >= 0.6 is 11.8 Å². The van der Waals surface area contributed by atoms with Crippen LogP contribution in [0.15, 0.2) is 67.3 Å². The minimum Gasteiger partial charge on any atom is -0.619 e. The maximum atomic E-state index is 13.6. The number of nitrogens with zero attached hydrogens (tertiary/aromatic N) is 4. The third-order valence-corrected chi connectivity index (χ3v) is 6.78. The van der Waals surface area contributed by atoms with E-state index in [4.69, 9.17) is 0 Å². The van der Waals surface area contributed by atoms with Crippen molar-refractivity contribution in [2.75, 3.05) is 14.1 Å². The van der Waals surface area contributed by atoms with E-state index in [1.165, 1.54) is 15.7 Å². The van der Waals surface area contributed by atoms with Crippen molar-refractivity contribution in [3.8, 4) is 0 Å². The molecule has 1 aliphatic heterocycles. The molecule has 4 aromatic rings. The Bertz CT molecular complexity index is 1340. The normalized spacial score (nSPS) is 15.2. The number of amides is 1. The molecule has 4 heterocycles. The van der Waals surface area contributed by atoms with Gasteiger partial charge in [-0.2, -0.15) is 4.73 Å². The third-order valence-electron chi connectivity index (χ3n) is 5.53. The van der Waals surface area contributed by atoms with E-state index in [9.17, 15) is 14.8 Å². The summed E-state index contributed by atoms with van der Waals surface area (Å²) >= 11 is 1.68. The standard InChI is InChI=1S/C23H20N4O3S/c1-24(2)23(29)27-13-18(16-7-3-4-8-19(16)27)21(28)17-9-11-26-20(17)14-31-22(26)15-6-5-10-25(30)12-15/h3-13,22H,14H2,1-2H3. The maximum Gasteiger partial charge on any atom is 0.328 e. The maximum absolute atomic E-state index is 13.6. The van der Waals surface area contributed by atoms with Crippen LogP contribution in [0.3, 0.4) is 0 Å². The summed E-state index contributed by atoms with van der Waals surface area (Å²) in [6.07, 6.45) is 6.56. The second-order valence-corrected chi connectivity index (χ2v) is 8.75. The minimum atomic E-state index is -0.206. The zero-order chi connectivity index (χ0) is 21.7. The lowest BCUT2D eigenvalue weighted by Crippen LogP contribution is -2.26. The Hall–Kier alpha value is -3.52. The molecule has 1 unspecified atom stereocenters. The number of hydrogen-bond donors (Lipinski definition) is 0. The molecule has 31 heavy (non-hydrogen) atoms. The number of pyridine rings is 1. The molecule has 1 aliphatic rings. The van der Waals surface area contributed by atoms with E-state index in [1.807, 2.05) is 42.6 Å². The van der Waals surface area contributed by atoms with Crippen LogP contribution in [-0.2, 0) is 5.75 Å². The average molecular weight is 433 g/mol. The summed E-state index contributed by atoms with van der Waals surface area (Å²) in [5.41, 5.74) is 3.66. The second kappa shape index (κ2) is 7.31. The Morgan fingerprint density at radius 1 is 1.13 bits per heavy atom. The predicted molar refractivity (Wildman–Crippen MR) is 119 cm³/mol. The first-order chi connectivity index (χ1) is 15.0. The number of hydrogen-bond acceptors (Lipinski definition) is 4. The number of aromatic nitrogens is 3. The third kappa shape index (κ3) is 3.11. The number of fused-ring (bicyclic) bond motifs is 2. The Morgan fingerprint density at radius 2 is 1.94 bits per heavy atom. The molecular weight excluding hydrogens is 412 g/mol. The number of carbonyl (C=O) groups is 2. The van der Waals surface area contributed by atoms with Gasteiger partial charge in [-0.15, -0.1) is 11.8 Å². The molecule has 8 heteroatoms. The van der Waals surface area contributed by atoms with Crippen LogP contribution in [0.4, 0.5) is 4.79 Å². The average Bonchev–Trinajstić information content (AvgIpc) is 3.46. The fraction of sp³-hybridized carbons (Fsp3) is 0.174. The van der Waals surface area contributed by atoms with E-state index in [1.54, 1.807) is 44.3 Å². The van der Waals surface area contributed by atoms with Crippen LogP contribution in [0.1, 0.15) is 32.6 Å². The summed E-state index contributed by atoms with van der Waals surface area (Å²) in [6, 6.07) is 12.7. The van der Waals surface area contributed by atoms with Gasteiger partial charge in [-0.25, -0.2) is 4.79 Å². The highest BCUT2D eigenvalue weighted by Gasteiger charge is 2.31. The number of carbonyl (C=O) groups excluding carboxylic acids is 2. The van der Waals surface area contributed by atoms with Crippen molar-refractivity contribution < 1.29 is 14.3 Å². The molecule has 7 nitrogen and oxygen atoms in total. The topological polar surface area (TPSA) is 74.2 Å². The molecule has 5 rings (SSSR count). The van der Waals surface area contributed by atoms with Crippen molar-refractivity contribution in [1.29, 1.82) is 0 Å². The van der Waals surface area contributed by atoms with Crippen molar-refractivity contribution in [3.63, 3.8) is 0 Å².